The molecule has 0 bridgehead atoms. The van der Waals surface area contributed by atoms with E-state index in [2.05, 4.69) is 201 Å². The summed E-state index contributed by atoms with van der Waals surface area (Å²) in [7, 11) is 0. The summed E-state index contributed by atoms with van der Waals surface area (Å²) in [6, 6.07) is 51.1. The second kappa shape index (κ2) is 23.8. The Morgan fingerprint density at radius 3 is 0.680 bits per heavy atom. The Balaban J connectivity index is 0.000000308. The fourth-order valence-electron chi connectivity index (χ4n) is 5.22. The third-order valence-electron chi connectivity index (χ3n) is 7.59. The molecule has 0 fully saturated rings. The molecule has 0 aliphatic heterocycles. The SMILES string of the molecule is C[C](C)=[Zr+2].C[C](C)=[Zr+2].Cc1c[cH-]c2ccccc12.Cc1c[cH-]c2ccccc12.Cc1c[cH-]c2ccccc12.Cc1c[cH-]c2ccccc12.[Cl-].[Cl-]. The molecule has 0 N–H and O–H groups in total. The van der Waals surface area contributed by atoms with Gasteiger partial charge in [0.25, 0.3) is 0 Å². The van der Waals surface area contributed by atoms with Crippen LogP contribution in [0.2, 0.25) is 0 Å². The Morgan fingerprint density at radius 1 is 0.360 bits per heavy atom. The molecule has 8 rings (SSSR count). The van der Waals surface area contributed by atoms with Gasteiger partial charge in [-0.05, 0) is 0 Å². The van der Waals surface area contributed by atoms with E-state index in [4.69, 9.17) is 0 Å². The number of hydrogen-bond donors (Lipinski definition) is 0. The van der Waals surface area contributed by atoms with Crippen molar-refractivity contribution in [2.45, 2.75) is 55.4 Å². The van der Waals surface area contributed by atoms with E-state index in [1.54, 1.807) is 48.5 Å². The predicted molar refractivity (Wildman–Crippen MR) is 210 cm³/mol. The fraction of sp³-hybridized carbons (Fsp3) is 0.174. The van der Waals surface area contributed by atoms with Gasteiger partial charge in [0, 0.05) is 0 Å². The molecule has 256 valence electrons. The number of halogens is 2. The molecule has 0 radical (unpaired) electrons. The van der Waals surface area contributed by atoms with Crippen LogP contribution in [0.25, 0.3) is 43.1 Å². The van der Waals surface area contributed by atoms with Gasteiger partial charge in [0.1, 0.15) is 0 Å². The first-order valence-corrected chi connectivity index (χ1v) is 18.9. The molecule has 0 amide bonds. The maximum Gasteiger partial charge on any atom is -0.0809 e. The Labute approximate surface area is 342 Å². The van der Waals surface area contributed by atoms with Crippen LogP contribution in [0, 0.1) is 27.7 Å². The molecule has 0 saturated carbocycles. The minimum atomic E-state index is 0. The van der Waals surface area contributed by atoms with Gasteiger partial charge in [-0.2, -0.15) is 46.5 Å². The van der Waals surface area contributed by atoms with Crippen molar-refractivity contribution >= 4 is 49.5 Å². The van der Waals surface area contributed by atoms with Gasteiger partial charge in [0.05, 0.1) is 0 Å². The first-order chi connectivity index (χ1) is 23.0. The minimum Gasteiger partial charge on any atom is -1.00 e. The molecule has 8 aromatic rings. The summed E-state index contributed by atoms with van der Waals surface area (Å²) in [4.78, 5) is 0. The molecule has 0 heterocycles. The van der Waals surface area contributed by atoms with Crippen molar-refractivity contribution in [2.24, 2.45) is 0 Å². The maximum absolute atomic E-state index is 2.16. The Hall–Kier alpha value is -2.59. The molecule has 0 atom stereocenters. The predicted octanol–water partition coefficient (Wildman–Crippen LogP) is 6.97. The Morgan fingerprint density at radius 2 is 0.520 bits per heavy atom. The van der Waals surface area contributed by atoms with Crippen LogP contribution in [0.5, 0.6) is 0 Å². The summed E-state index contributed by atoms with van der Waals surface area (Å²) in [6.07, 6.45) is 0. The number of rotatable bonds is 0. The van der Waals surface area contributed by atoms with Crippen molar-refractivity contribution in [3.05, 3.63) is 168 Å². The summed E-state index contributed by atoms with van der Waals surface area (Å²) in [6.45, 7) is 17.1. The van der Waals surface area contributed by atoms with Gasteiger partial charge in [-0.25, -0.2) is 0 Å². The summed E-state index contributed by atoms with van der Waals surface area (Å²) >= 11 is 3.11. The van der Waals surface area contributed by atoms with Gasteiger partial charge >= 0.3 is 82.6 Å². The van der Waals surface area contributed by atoms with E-state index in [-0.39, 0.29) is 24.8 Å². The van der Waals surface area contributed by atoms with Crippen LogP contribution < -0.4 is 24.8 Å². The number of fused-ring (bicyclic) bond motifs is 4. The summed E-state index contributed by atoms with van der Waals surface area (Å²) in [5, 5.41) is 10.9. The maximum atomic E-state index is 2.16. The fourth-order valence-corrected chi connectivity index (χ4v) is 5.22. The summed E-state index contributed by atoms with van der Waals surface area (Å²) < 4.78 is 3.01. The Bertz CT molecular complexity index is 1860. The molecular formula is C46H48Cl2Zr2-2. The van der Waals surface area contributed by atoms with Crippen molar-refractivity contribution in [2.75, 3.05) is 0 Å². The number of aryl methyl sites for hydroxylation is 4. The quantitative estimate of drug-likeness (QED) is 0.145. The van der Waals surface area contributed by atoms with Crippen molar-refractivity contribution in [3.8, 4) is 0 Å². The van der Waals surface area contributed by atoms with Gasteiger partial charge in [-0.15, -0.1) is 140 Å². The van der Waals surface area contributed by atoms with E-state index in [0.29, 0.717) is 0 Å². The van der Waals surface area contributed by atoms with Gasteiger partial charge in [0.2, 0.25) is 0 Å². The van der Waals surface area contributed by atoms with Crippen molar-refractivity contribution < 1.29 is 73.3 Å². The van der Waals surface area contributed by atoms with Gasteiger partial charge in [-0.1, -0.05) is 52.0 Å². The van der Waals surface area contributed by atoms with Crippen LogP contribution in [0.1, 0.15) is 49.9 Å². The Kier molecular flexibility index (Phi) is 21.6. The first kappa shape index (κ1) is 45.4. The van der Waals surface area contributed by atoms with E-state index < -0.39 is 0 Å². The average molecular weight is 854 g/mol. The van der Waals surface area contributed by atoms with Crippen LogP contribution in [-0.2, 0) is 48.5 Å². The van der Waals surface area contributed by atoms with E-state index in [9.17, 15) is 0 Å². The zero-order valence-electron chi connectivity index (χ0n) is 30.6. The minimum absolute atomic E-state index is 0. The van der Waals surface area contributed by atoms with Crippen molar-refractivity contribution in [3.63, 3.8) is 0 Å². The van der Waals surface area contributed by atoms with Crippen LogP contribution in [-0.4, -0.2) is 6.41 Å². The van der Waals surface area contributed by atoms with Gasteiger partial charge in [0.15, 0.2) is 0 Å². The molecule has 50 heavy (non-hydrogen) atoms. The number of hydrogen-bond acceptors (Lipinski definition) is 0. The molecule has 0 nitrogen and oxygen atoms in total. The second-order valence-electron chi connectivity index (χ2n) is 12.4. The van der Waals surface area contributed by atoms with E-state index >= 15 is 0 Å². The third kappa shape index (κ3) is 14.9. The summed E-state index contributed by atoms with van der Waals surface area (Å²) in [5.41, 5.74) is 5.48. The topological polar surface area (TPSA) is 0 Å². The van der Waals surface area contributed by atoms with Gasteiger partial charge < -0.3 is 24.8 Å². The van der Waals surface area contributed by atoms with Crippen LogP contribution in [0.4, 0.5) is 0 Å². The largest absolute Gasteiger partial charge is 1.00 e. The average Bonchev–Trinajstić information content (AvgIpc) is 3.85. The zero-order chi connectivity index (χ0) is 35.1. The molecule has 0 aliphatic carbocycles. The van der Waals surface area contributed by atoms with Crippen LogP contribution >= 0.6 is 0 Å². The van der Waals surface area contributed by atoms with Crippen molar-refractivity contribution in [1.29, 1.82) is 0 Å². The van der Waals surface area contributed by atoms with Crippen molar-refractivity contribution in [1.82, 2.24) is 0 Å². The van der Waals surface area contributed by atoms with E-state index in [1.165, 1.54) is 71.8 Å². The molecule has 0 spiro atoms. The molecule has 0 aliphatic rings. The monoisotopic (exact) mass is 850 g/mol. The molecule has 0 aromatic heterocycles. The van der Waals surface area contributed by atoms with Crippen LogP contribution in [0.3, 0.4) is 0 Å². The molecule has 0 saturated heterocycles. The first-order valence-electron chi connectivity index (χ1n) is 16.5. The zero-order valence-corrected chi connectivity index (χ0v) is 37.0. The number of benzene rings is 4. The smallest absolute Gasteiger partial charge is 0.0809 e. The molecular weight excluding hydrogens is 806 g/mol. The van der Waals surface area contributed by atoms with E-state index in [0.717, 1.165) is 0 Å². The standard InChI is InChI=1S/4C10H9.2C3H6.2ClH.2Zr/c4*1-8-6-7-9-4-2-3-5-10(8)9;2*1-3-2;;;;/h4*2-7H,1H3;2*1-2H3;2*1H;;/q4*-1;;;;;2*+2/p-2. The van der Waals surface area contributed by atoms with E-state index in [1.807, 2.05) is 0 Å². The molecule has 8 aromatic carbocycles. The second-order valence-corrected chi connectivity index (χ2v) is 17.3. The molecule has 0 unspecified atom stereocenters. The third-order valence-corrected chi connectivity index (χ3v) is 7.59. The van der Waals surface area contributed by atoms with Gasteiger partial charge in [-0.3, -0.25) is 0 Å². The molecule has 4 heteroatoms. The normalized spacial score (nSPS) is 9.52. The van der Waals surface area contributed by atoms with Crippen LogP contribution in [0.15, 0.2) is 146 Å². The summed E-state index contributed by atoms with van der Waals surface area (Å²) in [5.74, 6) is 0.